The van der Waals surface area contributed by atoms with Gasteiger partial charge in [0.2, 0.25) is 0 Å². The zero-order chi connectivity index (χ0) is 13.3. The second-order valence-corrected chi connectivity index (χ2v) is 4.61. The molecule has 5 nitrogen and oxygen atoms in total. The summed E-state index contributed by atoms with van der Waals surface area (Å²) in [5.74, 6) is 0.0864. The van der Waals surface area contributed by atoms with E-state index in [9.17, 15) is 9.50 Å². The summed E-state index contributed by atoms with van der Waals surface area (Å²) in [5, 5.41) is 21.9. The van der Waals surface area contributed by atoms with Gasteiger partial charge in [-0.25, -0.2) is 4.39 Å². The average Bonchev–Trinajstić information content (AvgIpc) is 2.67. The lowest BCUT2D eigenvalue weighted by molar-refractivity contribution is 0.0550. The van der Waals surface area contributed by atoms with Gasteiger partial charge in [-0.15, -0.1) is 10.2 Å². The molecule has 1 aromatic heterocycles. The van der Waals surface area contributed by atoms with Gasteiger partial charge in [0.15, 0.2) is 5.82 Å². The van der Waals surface area contributed by atoms with Gasteiger partial charge < -0.3 is 5.11 Å². The van der Waals surface area contributed by atoms with Gasteiger partial charge in [-0.05, 0) is 36.3 Å². The van der Waals surface area contributed by atoms with E-state index in [0.717, 1.165) is 0 Å². The quantitative estimate of drug-likeness (QED) is 0.886. The van der Waals surface area contributed by atoms with Crippen LogP contribution in [0.5, 0.6) is 0 Å². The molecule has 1 heterocycles. The zero-order valence-electron chi connectivity index (χ0n) is 10.6. The lowest BCUT2D eigenvalue weighted by Crippen LogP contribution is -2.25. The first-order valence-corrected chi connectivity index (χ1v) is 5.60. The molecule has 96 valence electrons. The van der Waals surface area contributed by atoms with Crippen molar-refractivity contribution in [2.45, 2.75) is 25.9 Å². The molecule has 0 radical (unpaired) electrons. The summed E-state index contributed by atoms with van der Waals surface area (Å²) in [7, 11) is 1.65. The molecule has 0 saturated heterocycles. The van der Waals surface area contributed by atoms with Gasteiger partial charge in [0, 0.05) is 6.42 Å². The molecule has 0 aliphatic rings. The number of halogens is 1. The van der Waals surface area contributed by atoms with Crippen LogP contribution < -0.4 is 0 Å². The van der Waals surface area contributed by atoms with Gasteiger partial charge in [-0.3, -0.25) is 0 Å². The number of aromatic nitrogens is 4. The Balaban J connectivity index is 2.26. The van der Waals surface area contributed by atoms with Crippen molar-refractivity contribution in [3.05, 3.63) is 41.0 Å². The van der Waals surface area contributed by atoms with Crippen LogP contribution in [-0.2, 0) is 19.1 Å². The Morgan fingerprint density at radius 1 is 1.44 bits per heavy atom. The first kappa shape index (κ1) is 12.6. The highest BCUT2D eigenvalue weighted by atomic mass is 19.1. The van der Waals surface area contributed by atoms with Crippen molar-refractivity contribution in [3.63, 3.8) is 0 Å². The fraction of sp³-hybridized carbons (Fsp3) is 0.417. The van der Waals surface area contributed by atoms with E-state index in [4.69, 9.17) is 0 Å². The lowest BCUT2D eigenvalue weighted by atomic mass is 9.91. The standard InChI is InChI=1S/C12H15FN4O/c1-8-4-5-9(6-10(8)13)12(2,18)7-11-14-16-17(3)15-11/h4-6,18H,7H2,1-3H3. The molecule has 0 spiro atoms. The normalized spacial score (nSPS) is 14.5. The average molecular weight is 250 g/mol. The maximum absolute atomic E-state index is 13.5. The van der Waals surface area contributed by atoms with E-state index in [1.807, 2.05) is 0 Å². The summed E-state index contributed by atoms with van der Waals surface area (Å²) in [6.07, 6.45) is 0.184. The van der Waals surface area contributed by atoms with Gasteiger partial charge in [0.05, 0.1) is 12.6 Å². The number of aliphatic hydroxyl groups is 1. The Kier molecular flexibility index (Phi) is 3.13. The Morgan fingerprint density at radius 2 is 2.17 bits per heavy atom. The number of rotatable bonds is 3. The van der Waals surface area contributed by atoms with Gasteiger partial charge in [0.25, 0.3) is 0 Å². The molecule has 0 amide bonds. The summed E-state index contributed by atoms with van der Waals surface area (Å²) in [6.45, 7) is 3.28. The van der Waals surface area contributed by atoms with E-state index in [0.29, 0.717) is 17.0 Å². The molecule has 0 aliphatic heterocycles. The highest BCUT2D eigenvalue weighted by Crippen LogP contribution is 2.25. The van der Waals surface area contributed by atoms with E-state index in [-0.39, 0.29) is 12.2 Å². The van der Waals surface area contributed by atoms with Crippen molar-refractivity contribution in [1.29, 1.82) is 0 Å². The molecule has 0 bridgehead atoms. The Morgan fingerprint density at radius 3 is 2.72 bits per heavy atom. The third kappa shape index (κ3) is 2.53. The first-order chi connectivity index (χ1) is 8.38. The number of tetrazole rings is 1. The molecule has 6 heteroatoms. The lowest BCUT2D eigenvalue weighted by Gasteiger charge is -2.22. The fourth-order valence-corrected chi connectivity index (χ4v) is 1.73. The van der Waals surface area contributed by atoms with E-state index in [1.54, 1.807) is 33.0 Å². The number of hydrogen-bond donors (Lipinski definition) is 1. The van der Waals surface area contributed by atoms with Gasteiger partial charge in [-0.2, -0.15) is 4.80 Å². The van der Waals surface area contributed by atoms with E-state index < -0.39 is 5.60 Å². The summed E-state index contributed by atoms with van der Waals surface area (Å²) < 4.78 is 13.5. The molecular formula is C12H15FN4O. The maximum Gasteiger partial charge on any atom is 0.178 e. The molecule has 1 unspecified atom stereocenters. The van der Waals surface area contributed by atoms with E-state index in [1.165, 1.54) is 10.9 Å². The van der Waals surface area contributed by atoms with Gasteiger partial charge in [0.1, 0.15) is 5.82 Å². The molecule has 2 rings (SSSR count). The van der Waals surface area contributed by atoms with Crippen molar-refractivity contribution in [3.8, 4) is 0 Å². The molecule has 1 N–H and O–H groups in total. The summed E-state index contributed by atoms with van der Waals surface area (Å²) in [4.78, 5) is 1.32. The molecule has 0 saturated carbocycles. The second kappa shape index (κ2) is 4.45. The van der Waals surface area contributed by atoms with Crippen LogP contribution in [0.2, 0.25) is 0 Å². The summed E-state index contributed by atoms with van der Waals surface area (Å²) in [5.41, 5.74) is -0.178. The monoisotopic (exact) mass is 250 g/mol. The molecule has 2 aromatic rings. The predicted molar refractivity (Wildman–Crippen MR) is 63.2 cm³/mol. The minimum absolute atomic E-state index is 0.184. The SMILES string of the molecule is Cc1ccc(C(C)(O)Cc2nnn(C)n2)cc1F. The summed E-state index contributed by atoms with van der Waals surface area (Å²) >= 11 is 0. The fourth-order valence-electron chi connectivity index (χ4n) is 1.73. The van der Waals surface area contributed by atoms with Crippen molar-refractivity contribution in [1.82, 2.24) is 20.2 Å². The molecule has 0 aliphatic carbocycles. The minimum atomic E-state index is -1.22. The van der Waals surface area contributed by atoms with Crippen LogP contribution >= 0.6 is 0 Å². The van der Waals surface area contributed by atoms with Gasteiger partial charge in [-0.1, -0.05) is 12.1 Å². The number of benzene rings is 1. The summed E-state index contributed by atoms with van der Waals surface area (Å²) in [6, 6.07) is 4.68. The Labute approximate surface area is 104 Å². The molecular weight excluding hydrogens is 235 g/mol. The second-order valence-electron chi connectivity index (χ2n) is 4.61. The van der Waals surface area contributed by atoms with Crippen molar-refractivity contribution >= 4 is 0 Å². The number of hydrogen-bond acceptors (Lipinski definition) is 4. The van der Waals surface area contributed by atoms with Crippen molar-refractivity contribution in [2.75, 3.05) is 0 Å². The van der Waals surface area contributed by atoms with E-state index >= 15 is 0 Å². The topological polar surface area (TPSA) is 63.8 Å². The molecule has 0 fully saturated rings. The Bertz CT molecular complexity index is 565. The molecule has 1 atom stereocenters. The van der Waals surface area contributed by atoms with Crippen molar-refractivity contribution in [2.24, 2.45) is 7.05 Å². The van der Waals surface area contributed by atoms with Crippen LogP contribution in [0.4, 0.5) is 4.39 Å². The predicted octanol–water partition coefficient (Wildman–Crippen LogP) is 1.11. The van der Waals surface area contributed by atoms with Crippen LogP contribution in [-0.4, -0.2) is 25.3 Å². The van der Waals surface area contributed by atoms with Crippen LogP contribution in [0.3, 0.4) is 0 Å². The smallest absolute Gasteiger partial charge is 0.178 e. The highest BCUT2D eigenvalue weighted by Gasteiger charge is 2.26. The van der Waals surface area contributed by atoms with Gasteiger partial charge >= 0.3 is 0 Å². The number of nitrogens with zero attached hydrogens (tertiary/aromatic N) is 4. The van der Waals surface area contributed by atoms with Crippen LogP contribution in [0, 0.1) is 12.7 Å². The third-order valence-corrected chi connectivity index (χ3v) is 2.85. The Hall–Kier alpha value is -1.82. The third-order valence-electron chi connectivity index (χ3n) is 2.85. The van der Waals surface area contributed by atoms with Crippen LogP contribution in [0.25, 0.3) is 0 Å². The zero-order valence-corrected chi connectivity index (χ0v) is 10.6. The maximum atomic E-state index is 13.5. The van der Waals surface area contributed by atoms with E-state index in [2.05, 4.69) is 15.4 Å². The largest absolute Gasteiger partial charge is 0.385 e. The van der Waals surface area contributed by atoms with Crippen LogP contribution in [0.1, 0.15) is 23.9 Å². The minimum Gasteiger partial charge on any atom is -0.385 e. The number of aryl methyl sites for hydroxylation is 2. The molecule has 18 heavy (non-hydrogen) atoms. The molecule has 1 aromatic carbocycles. The van der Waals surface area contributed by atoms with Crippen LogP contribution in [0.15, 0.2) is 18.2 Å². The highest BCUT2D eigenvalue weighted by molar-refractivity contribution is 5.28. The van der Waals surface area contributed by atoms with Crippen molar-refractivity contribution < 1.29 is 9.50 Å². The first-order valence-electron chi connectivity index (χ1n) is 5.60.